The van der Waals surface area contributed by atoms with Crippen LogP contribution in [0.2, 0.25) is 0 Å². The molecule has 0 spiro atoms. The molecule has 0 saturated heterocycles. The lowest BCUT2D eigenvalue weighted by Gasteiger charge is -2.12. The number of ether oxygens (including phenoxy) is 2. The summed E-state index contributed by atoms with van der Waals surface area (Å²) in [5.74, 6) is 2.05. The third-order valence-electron chi connectivity index (χ3n) is 4.48. The quantitative estimate of drug-likeness (QED) is 0.259. The van der Waals surface area contributed by atoms with E-state index in [1.165, 1.54) is 16.9 Å². The smallest absolute Gasteiger partial charge is 0.195 e. The molecule has 0 aliphatic carbocycles. The number of ketones is 1. The van der Waals surface area contributed by atoms with Gasteiger partial charge in [0.25, 0.3) is 0 Å². The molecule has 0 aliphatic rings. The zero-order chi connectivity index (χ0) is 20.8. The van der Waals surface area contributed by atoms with Gasteiger partial charge in [0, 0.05) is 15.4 Å². The van der Waals surface area contributed by atoms with Gasteiger partial charge in [-0.1, -0.05) is 38.1 Å². The fourth-order valence-corrected chi connectivity index (χ4v) is 4.17. The van der Waals surface area contributed by atoms with Crippen LogP contribution in [-0.4, -0.2) is 12.9 Å². The maximum atomic E-state index is 12.3. The van der Waals surface area contributed by atoms with Gasteiger partial charge in [0.1, 0.15) is 18.1 Å². The Bertz CT molecular complexity index is 1000. The Morgan fingerprint density at radius 3 is 2.52 bits per heavy atom. The molecule has 2 aromatic carbocycles. The molecule has 1 aromatic heterocycles. The largest absolute Gasteiger partial charge is 0.496 e. The molecule has 150 valence electrons. The number of allylic oxidation sites excluding steroid dienone is 1. The van der Waals surface area contributed by atoms with Crippen molar-refractivity contribution in [1.29, 1.82) is 0 Å². The number of hydrogen-bond donors (Lipinski definition) is 0. The first-order chi connectivity index (χ1) is 14.0. The number of carbonyl (C=O) groups excluding carboxylic acids is 1. The van der Waals surface area contributed by atoms with Gasteiger partial charge in [-0.15, -0.1) is 11.3 Å². The Morgan fingerprint density at radius 2 is 1.90 bits per heavy atom. The molecule has 3 aromatic rings. The second-order valence-corrected chi connectivity index (χ2v) is 8.74. The number of halogens is 1. The van der Waals surface area contributed by atoms with Gasteiger partial charge in [-0.05, 0) is 69.4 Å². The summed E-state index contributed by atoms with van der Waals surface area (Å²) in [6.45, 7) is 4.72. The fourth-order valence-electron chi connectivity index (χ4n) is 2.82. The van der Waals surface area contributed by atoms with Crippen molar-refractivity contribution in [2.75, 3.05) is 7.11 Å². The van der Waals surface area contributed by atoms with Gasteiger partial charge in [0.2, 0.25) is 0 Å². The average Bonchev–Trinajstić information content (AvgIpc) is 3.17. The average molecular weight is 471 g/mol. The number of carbonyl (C=O) groups is 1. The van der Waals surface area contributed by atoms with Gasteiger partial charge in [-0.2, -0.15) is 0 Å². The zero-order valence-corrected chi connectivity index (χ0v) is 19.0. The van der Waals surface area contributed by atoms with Crippen LogP contribution in [-0.2, 0) is 6.61 Å². The van der Waals surface area contributed by atoms with E-state index in [0.29, 0.717) is 17.4 Å². The maximum Gasteiger partial charge on any atom is 0.195 e. The van der Waals surface area contributed by atoms with Crippen molar-refractivity contribution >= 4 is 39.1 Å². The molecule has 0 N–H and O–H groups in total. The van der Waals surface area contributed by atoms with Crippen molar-refractivity contribution in [3.05, 3.63) is 86.0 Å². The van der Waals surface area contributed by atoms with Crippen LogP contribution >= 0.6 is 27.3 Å². The standard InChI is InChI=1S/C24H23BrO3S/c1-16(2)18-6-8-21(9-7-18)28-14-19-12-17(5-11-23(19)27-3)4-10-22(26)24-13-20(25)15-29-24/h4-13,15-16H,14H2,1-3H3/b10-4+. The lowest BCUT2D eigenvalue weighted by Crippen LogP contribution is -2.00. The Labute approximate surface area is 184 Å². The van der Waals surface area contributed by atoms with E-state index in [0.717, 1.165) is 27.1 Å². The van der Waals surface area contributed by atoms with Crippen molar-refractivity contribution in [2.24, 2.45) is 0 Å². The number of benzene rings is 2. The summed E-state index contributed by atoms with van der Waals surface area (Å²) in [6.07, 6.45) is 3.41. The molecule has 29 heavy (non-hydrogen) atoms. The van der Waals surface area contributed by atoms with Crippen LogP contribution < -0.4 is 9.47 Å². The van der Waals surface area contributed by atoms with Crippen LogP contribution in [0.5, 0.6) is 11.5 Å². The van der Waals surface area contributed by atoms with E-state index in [-0.39, 0.29) is 5.78 Å². The lowest BCUT2D eigenvalue weighted by molar-refractivity contribution is 0.105. The highest BCUT2D eigenvalue weighted by Crippen LogP contribution is 2.25. The minimum absolute atomic E-state index is 0.0143. The Balaban J connectivity index is 1.71. The van der Waals surface area contributed by atoms with E-state index < -0.39 is 0 Å². The van der Waals surface area contributed by atoms with E-state index in [1.54, 1.807) is 13.2 Å². The molecule has 1 heterocycles. The summed E-state index contributed by atoms with van der Waals surface area (Å²) in [6, 6.07) is 15.8. The molecular weight excluding hydrogens is 448 g/mol. The minimum atomic E-state index is -0.0143. The lowest BCUT2D eigenvalue weighted by atomic mass is 10.0. The molecule has 0 radical (unpaired) electrons. The molecule has 5 heteroatoms. The summed E-state index contributed by atoms with van der Waals surface area (Å²) >= 11 is 4.80. The summed E-state index contributed by atoms with van der Waals surface area (Å²) in [4.78, 5) is 13.0. The van der Waals surface area contributed by atoms with Crippen LogP contribution in [0.15, 0.2) is 64.5 Å². The van der Waals surface area contributed by atoms with Gasteiger partial charge in [0.15, 0.2) is 5.78 Å². The summed E-state index contributed by atoms with van der Waals surface area (Å²) in [5, 5.41) is 1.90. The third kappa shape index (κ3) is 5.81. The monoisotopic (exact) mass is 470 g/mol. The van der Waals surface area contributed by atoms with Crippen molar-refractivity contribution < 1.29 is 14.3 Å². The summed E-state index contributed by atoms with van der Waals surface area (Å²) < 4.78 is 12.3. The predicted octanol–water partition coefficient (Wildman–Crippen LogP) is 7.12. The summed E-state index contributed by atoms with van der Waals surface area (Å²) in [5.41, 5.74) is 3.13. The van der Waals surface area contributed by atoms with Crippen molar-refractivity contribution in [1.82, 2.24) is 0 Å². The molecule has 0 bridgehead atoms. The topological polar surface area (TPSA) is 35.5 Å². The van der Waals surface area contributed by atoms with Crippen LogP contribution in [0, 0.1) is 0 Å². The van der Waals surface area contributed by atoms with Gasteiger partial charge in [-0.25, -0.2) is 0 Å². The number of thiophene rings is 1. The Morgan fingerprint density at radius 1 is 1.14 bits per heavy atom. The van der Waals surface area contributed by atoms with E-state index >= 15 is 0 Å². The van der Waals surface area contributed by atoms with Gasteiger partial charge < -0.3 is 9.47 Å². The van der Waals surface area contributed by atoms with E-state index in [9.17, 15) is 4.79 Å². The normalized spacial score (nSPS) is 11.2. The number of methoxy groups -OCH3 is 1. The van der Waals surface area contributed by atoms with Crippen molar-refractivity contribution in [2.45, 2.75) is 26.4 Å². The van der Waals surface area contributed by atoms with Gasteiger partial charge in [-0.3, -0.25) is 4.79 Å². The first-order valence-corrected chi connectivity index (χ1v) is 11.0. The minimum Gasteiger partial charge on any atom is -0.496 e. The molecule has 0 fully saturated rings. The van der Waals surface area contributed by atoms with Crippen LogP contribution in [0.25, 0.3) is 6.08 Å². The zero-order valence-electron chi connectivity index (χ0n) is 16.6. The fraction of sp³-hybridized carbons (Fsp3) is 0.208. The number of hydrogen-bond acceptors (Lipinski definition) is 4. The van der Waals surface area contributed by atoms with Crippen molar-refractivity contribution in [3.63, 3.8) is 0 Å². The first-order valence-electron chi connectivity index (χ1n) is 9.32. The maximum absolute atomic E-state index is 12.3. The highest BCUT2D eigenvalue weighted by Gasteiger charge is 2.08. The van der Waals surface area contributed by atoms with E-state index in [4.69, 9.17) is 9.47 Å². The highest BCUT2D eigenvalue weighted by molar-refractivity contribution is 9.10. The second-order valence-electron chi connectivity index (χ2n) is 6.91. The molecule has 3 rings (SSSR count). The molecule has 0 atom stereocenters. The first kappa shape index (κ1) is 21.3. The van der Waals surface area contributed by atoms with Crippen LogP contribution in [0.1, 0.15) is 46.1 Å². The molecule has 3 nitrogen and oxygen atoms in total. The SMILES string of the molecule is COc1ccc(/C=C/C(=O)c2cc(Br)cs2)cc1COc1ccc(C(C)C)cc1. The number of rotatable bonds is 8. The van der Waals surface area contributed by atoms with E-state index in [1.807, 2.05) is 47.9 Å². The van der Waals surface area contributed by atoms with Gasteiger partial charge in [0.05, 0.1) is 12.0 Å². The second kappa shape index (κ2) is 9.90. The molecule has 0 saturated carbocycles. The highest BCUT2D eigenvalue weighted by atomic mass is 79.9. The van der Waals surface area contributed by atoms with Gasteiger partial charge >= 0.3 is 0 Å². The predicted molar refractivity (Wildman–Crippen MR) is 123 cm³/mol. The summed E-state index contributed by atoms with van der Waals surface area (Å²) in [7, 11) is 1.64. The third-order valence-corrected chi connectivity index (χ3v) is 6.19. The van der Waals surface area contributed by atoms with Crippen molar-refractivity contribution in [3.8, 4) is 11.5 Å². The molecule has 0 amide bonds. The molecular formula is C24H23BrO3S. The molecule has 0 aliphatic heterocycles. The van der Waals surface area contributed by atoms with E-state index in [2.05, 4.69) is 41.9 Å². The molecule has 0 unspecified atom stereocenters. The van der Waals surface area contributed by atoms with Crippen LogP contribution in [0.3, 0.4) is 0 Å². The Kier molecular flexibility index (Phi) is 7.29. The Hall–Kier alpha value is -2.37. The van der Waals surface area contributed by atoms with Crippen LogP contribution in [0.4, 0.5) is 0 Å².